The van der Waals surface area contributed by atoms with E-state index in [1.807, 2.05) is 0 Å². The van der Waals surface area contributed by atoms with Crippen LogP contribution in [0.15, 0.2) is 0 Å². The molecule has 3 heteroatoms. The fourth-order valence-electron chi connectivity index (χ4n) is 0. The van der Waals surface area contributed by atoms with Gasteiger partial charge in [0.2, 0.25) is 0 Å². The SMILES string of the molecule is NC#SN. The predicted octanol–water partition coefficient (Wildman–Crippen LogP) is -0.531. The normalized spacial score (nSPS) is 4.50. The van der Waals surface area contributed by atoms with Crippen LogP contribution < -0.4 is 10.9 Å². The first-order valence-electron chi connectivity index (χ1n) is 0.729. The van der Waals surface area contributed by atoms with Gasteiger partial charge < -0.3 is 0 Å². The van der Waals surface area contributed by atoms with E-state index < -0.39 is 0 Å². The number of hydrogen-bond donors (Lipinski definition) is 2. The molecular formula is CH4N2S. The minimum absolute atomic E-state index is 0.884. The maximum Gasteiger partial charge on any atom is 0.00589 e. The average molecular weight is 76.1 g/mol. The maximum atomic E-state index is 4.71. The van der Waals surface area contributed by atoms with Gasteiger partial charge in [-0.1, -0.05) is 0 Å². The van der Waals surface area contributed by atoms with Crippen molar-refractivity contribution in [2.45, 2.75) is 0 Å². The minimum Gasteiger partial charge on any atom is -0.260 e. The lowest BCUT2D eigenvalue weighted by molar-refractivity contribution is 1.77. The summed E-state index contributed by atoms with van der Waals surface area (Å²) in [6.07, 6.45) is 0. The van der Waals surface area contributed by atoms with Crippen LogP contribution in [0.25, 0.3) is 0 Å². The van der Waals surface area contributed by atoms with Gasteiger partial charge in [0.1, 0.15) is 0 Å². The lowest BCUT2D eigenvalue weighted by atomic mass is 11.6. The minimum atomic E-state index is 0.884. The molecule has 0 rings (SSSR count). The molecule has 0 heterocycles. The largest absolute Gasteiger partial charge is 0.260 e. The molecule has 0 aromatic heterocycles. The Balaban J connectivity index is 2.83. The zero-order valence-corrected chi connectivity index (χ0v) is 2.88. The van der Waals surface area contributed by atoms with Gasteiger partial charge in [-0.3, -0.25) is 10.9 Å². The van der Waals surface area contributed by atoms with Gasteiger partial charge >= 0.3 is 0 Å². The summed E-state index contributed by atoms with van der Waals surface area (Å²) < 4.78 is 0. The highest BCUT2D eigenvalue weighted by Crippen LogP contribution is 1.40. The highest BCUT2D eigenvalue weighted by Gasteiger charge is 1.23. The lowest BCUT2D eigenvalue weighted by Crippen LogP contribution is -1.73. The molecule has 0 aromatic rings. The first-order valence-corrected chi connectivity index (χ1v) is 1.61. The molecule has 0 atom stereocenters. The van der Waals surface area contributed by atoms with Gasteiger partial charge in [0, 0.05) is 5.31 Å². The Labute approximate surface area is 28.5 Å². The molecule has 0 radical (unpaired) electrons. The molecule has 0 aliphatic carbocycles. The van der Waals surface area contributed by atoms with Crippen molar-refractivity contribution in [3.05, 3.63) is 0 Å². The first kappa shape index (κ1) is 3.92. The smallest absolute Gasteiger partial charge is 0.00589 e. The van der Waals surface area contributed by atoms with E-state index in [1.165, 1.54) is 0 Å². The second-order valence-electron chi connectivity index (χ2n) is 0.236. The van der Waals surface area contributed by atoms with E-state index in [9.17, 15) is 0 Å². The Hall–Kier alpha value is -0.0800. The average Bonchev–Trinajstić information content (AvgIpc) is 1.37. The van der Waals surface area contributed by atoms with E-state index in [0.717, 1.165) is 11.4 Å². The van der Waals surface area contributed by atoms with Gasteiger partial charge in [0.05, 0.1) is 0 Å². The van der Waals surface area contributed by atoms with Gasteiger partial charge in [-0.2, -0.15) is 0 Å². The van der Waals surface area contributed by atoms with Crippen molar-refractivity contribution in [3.8, 4) is 5.31 Å². The molecule has 0 aromatic carbocycles. The van der Waals surface area contributed by atoms with Gasteiger partial charge in [-0.15, -0.1) is 0 Å². The molecule has 0 aliphatic heterocycles. The highest BCUT2D eigenvalue weighted by atomic mass is 32.1. The zero-order valence-electron chi connectivity index (χ0n) is 2.06. The Bertz CT molecular complexity index is 42.8. The van der Waals surface area contributed by atoms with Crippen LogP contribution in [0.4, 0.5) is 0 Å². The zero-order chi connectivity index (χ0) is 3.41. The van der Waals surface area contributed by atoms with Crippen molar-refractivity contribution >= 4 is 11.4 Å². The quantitative estimate of drug-likeness (QED) is 0.301. The van der Waals surface area contributed by atoms with Crippen molar-refractivity contribution in [3.63, 3.8) is 0 Å². The third-order valence-electron chi connectivity index (χ3n) is 0.0680. The van der Waals surface area contributed by atoms with Crippen molar-refractivity contribution in [2.24, 2.45) is 10.9 Å². The molecule has 2 nitrogen and oxygen atoms in total. The van der Waals surface area contributed by atoms with Crippen molar-refractivity contribution < 1.29 is 0 Å². The Morgan fingerprint density at radius 2 is 2.00 bits per heavy atom. The maximum absolute atomic E-state index is 4.71. The lowest BCUT2D eigenvalue weighted by Gasteiger charge is -1.44. The molecule has 0 amide bonds. The Kier molecular flexibility index (Phi) is 2.86. The van der Waals surface area contributed by atoms with Crippen LogP contribution in [0, 0.1) is 5.31 Å². The van der Waals surface area contributed by atoms with Crippen molar-refractivity contribution in [1.82, 2.24) is 0 Å². The summed E-state index contributed by atoms with van der Waals surface area (Å²) in [4.78, 5) is 0. The van der Waals surface area contributed by atoms with Crippen molar-refractivity contribution in [2.75, 3.05) is 0 Å². The third kappa shape index (κ3) is 1.92. The van der Waals surface area contributed by atoms with Crippen LogP contribution >= 0.6 is 11.4 Å². The number of nitrogens with two attached hydrogens (primary N) is 2. The third-order valence-corrected chi connectivity index (χ3v) is 0.204. The molecule has 0 saturated heterocycles. The molecule has 24 valence electrons. The Morgan fingerprint density at radius 1 is 1.75 bits per heavy atom. The summed E-state index contributed by atoms with van der Waals surface area (Å²) in [6.45, 7) is 0. The monoisotopic (exact) mass is 76.0 g/mol. The van der Waals surface area contributed by atoms with Gasteiger partial charge in [0.25, 0.3) is 0 Å². The molecular weight excluding hydrogens is 72.1 g/mol. The number of hydrogen-bond acceptors (Lipinski definition) is 2. The van der Waals surface area contributed by atoms with E-state index in [4.69, 9.17) is 5.14 Å². The van der Waals surface area contributed by atoms with E-state index in [-0.39, 0.29) is 0 Å². The molecule has 0 fully saturated rings. The van der Waals surface area contributed by atoms with E-state index >= 15 is 0 Å². The second kappa shape index (κ2) is 2.92. The highest BCUT2D eigenvalue weighted by molar-refractivity contribution is 7.86. The van der Waals surface area contributed by atoms with Crippen LogP contribution in [0.1, 0.15) is 0 Å². The van der Waals surface area contributed by atoms with Crippen LogP contribution in [0.2, 0.25) is 0 Å². The van der Waals surface area contributed by atoms with Gasteiger partial charge in [-0.25, -0.2) is 0 Å². The molecule has 0 spiro atoms. The van der Waals surface area contributed by atoms with Crippen LogP contribution in [-0.4, -0.2) is 0 Å². The summed E-state index contributed by atoms with van der Waals surface area (Å²) in [5.41, 5.74) is 4.62. The molecule has 0 unspecified atom stereocenters. The molecule has 0 aliphatic rings. The van der Waals surface area contributed by atoms with E-state index in [2.05, 4.69) is 11.0 Å². The van der Waals surface area contributed by atoms with E-state index in [0.29, 0.717) is 0 Å². The summed E-state index contributed by atoms with van der Waals surface area (Å²) in [7, 11) is 0. The summed E-state index contributed by atoms with van der Waals surface area (Å²) in [5, 5.41) is 6.83. The summed E-state index contributed by atoms with van der Waals surface area (Å²) in [5.74, 6) is 0. The molecule has 0 bridgehead atoms. The fraction of sp³-hybridized carbons (Fsp3) is 0. The molecule has 0 saturated carbocycles. The van der Waals surface area contributed by atoms with E-state index in [1.54, 1.807) is 0 Å². The second-order valence-corrected chi connectivity index (χ2v) is 0.707. The number of rotatable bonds is 0. The first-order chi connectivity index (χ1) is 1.91. The predicted molar refractivity (Wildman–Crippen MR) is 19.9 cm³/mol. The van der Waals surface area contributed by atoms with Crippen LogP contribution in [0.5, 0.6) is 0 Å². The molecule has 4 N–H and O–H groups in total. The Morgan fingerprint density at radius 3 is 2.00 bits per heavy atom. The summed E-state index contributed by atoms with van der Waals surface area (Å²) in [6, 6.07) is 0. The standard InChI is InChI=1S/CH4N2S/c2-1-4-3/h2-3H2. The topological polar surface area (TPSA) is 52.0 Å². The van der Waals surface area contributed by atoms with Gasteiger partial charge in [0.15, 0.2) is 0 Å². The van der Waals surface area contributed by atoms with Gasteiger partial charge in [-0.05, 0) is 11.4 Å². The molecule has 4 heavy (non-hydrogen) atoms. The summed E-state index contributed by atoms with van der Waals surface area (Å²) >= 11 is 0.884. The van der Waals surface area contributed by atoms with Crippen LogP contribution in [-0.2, 0) is 0 Å². The van der Waals surface area contributed by atoms with Crippen LogP contribution in [0.3, 0.4) is 0 Å². The fourth-order valence-corrected chi connectivity index (χ4v) is 0. The van der Waals surface area contributed by atoms with Crippen molar-refractivity contribution in [1.29, 1.82) is 0 Å².